The normalized spacial score (nSPS) is 15.9. The molecule has 1 aliphatic rings. The number of pyridine rings is 1. The molecule has 1 aromatic heterocycles. The third-order valence-corrected chi connectivity index (χ3v) is 8.96. The van der Waals surface area contributed by atoms with Gasteiger partial charge >= 0.3 is 5.97 Å². The van der Waals surface area contributed by atoms with Crippen LogP contribution < -0.4 is 0 Å². The van der Waals surface area contributed by atoms with Gasteiger partial charge in [0.1, 0.15) is 0 Å². The molecule has 2 atom stereocenters. The smallest absolute Gasteiger partial charge is 0.338 e. The van der Waals surface area contributed by atoms with E-state index in [0.717, 1.165) is 40.6 Å². The number of esters is 1. The first-order valence-corrected chi connectivity index (χ1v) is 13.9. The molecule has 0 amide bonds. The summed E-state index contributed by atoms with van der Waals surface area (Å²) in [6.07, 6.45) is 8.24. The Bertz CT molecular complexity index is 1490. The summed E-state index contributed by atoms with van der Waals surface area (Å²) in [5.74, 6) is -0.0312. The fraction of sp³-hybridized carbons (Fsp3) is 0.273. The standard InChI is InChI=1S/C33H32ClNO2S/c1-33(18-19-33)31(38)28(17-13-23-7-3-4-9-29(23)32(36)37-2)25-8-5-6-22(20-25)10-15-27-16-12-24-11-14-26(34)21-30(24)35-27/h3-12,14-16,20-21,28,31,38H,13,17-19H2,1-2H3/b15-10+/t28-,31?/m1/s1. The van der Waals surface area contributed by atoms with Gasteiger partial charge in [-0.2, -0.15) is 12.6 Å². The summed E-state index contributed by atoms with van der Waals surface area (Å²) in [5, 5.41) is 1.99. The molecule has 0 bridgehead atoms. The number of thiol groups is 1. The Morgan fingerprint density at radius 3 is 2.63 bits per heavy atom. The van der Waals surface area contributed by atoms with E-state index in [0.29, 0.717) is 10.6 Å². The van der Waals surface area contributed by atoms with E-state index in [4.69, 9.17) is 34.0 Å². The first kappa shape index (κ1) is 26.5. The molecule has 1 heterocycles. The number of nitrogens with zero attached hydrogens (tertiary/aromatic N) is 1. The number of hydrogen-bond acceptors (Lipinski definition) is 4. The van der Waals surface area contributed by atoms with Crippen LogP contribution in [0.2, 0.25) is 5.02 Å². The third kappa shape index (κ3) is 5.98. The van der Waals surface area contributed by atoms with Gasteiger partial charge in [0.25, 0.3) is 0 Å². The van der Waals surface area contributed by atoms with Crippen molar-refractivity contribution in [3.63, 3.8) is 0 Å². The van der Waals surface area contributed by atoms with Gasteiger partial charge in [-0.25, -0.2) is 9.78 Å². The molecule has 1 saturated carbocycles. The zero-order valence-electron chi connectivity index (χ0n) is 21.7. The highest BCUT2D eigenvalue weighted by Crippen LogP contribution is 2.55. The molecule has 5 rings (SSSR count). The summed E-state index contributed by atoms with van der Waals surface area (Å²) in [6, 6.07) is 26.3. The van der Waals surface area contributed by atoms with Gasteiger partial charge in [0.2, 0.25) is 0 Å². The highest BCUT2D eigenvalue weighted by Gasteiger charge is 2.46. The van der Waals surface area contributed by atoms with Crippen LogP contribution in [0, 0.1) is 5.41 Å². The van der Waals surface area contributed by atoms with E-state index in [1.807, 2.05) is 54.6 Å². The molecule has 38 heavy (non-hydrogen) atoms. The van der Waals surface area contributed by atoms with Crippen LogP contribution in [0.4, 0.5) is 0 Å². The molecule has 1 fully saturated rings. The summed E-state index contributed by atoms with van der Waals surface area (Å²) >= 11 is 11.3. The minimum atomic E-state index is -0.287. The van der Waals surface area contributed by atoms with Gasteiger partial charge in [0, 0.05) is 15.7 Å². The van der Waals surface area contributed by atoms with Crippen molar-refractivity contribution < 1.29 is 9.53 Å². The van der Waals surface area contributed by atoms with Crippen LogP contribution in [0.3, 0.4) is 0 Å². The average molecular weight is 542 g/mol. The van der Waals surface area contributed by atoms with Crippen LogP contribution >= 0.6 is 24.2 Å². The number of carbonyl (C=O) groups is 1. The fourth-order valence-corrected chi connectivity index (χ4v) is 5.86. The topological polar surface area (TPSA) is 39.2 Å². The van der Waals surface area contributed by atoms with Crippen molar-refractivity contribution in [3.05, 3.63) is 112 Å². The van der Waals surface area contributed by atoms with Crippen LogP contribution in [0.1, 0.15) is 64.8 Å². The van der Waals surface area contributed by atoms with Crippen LogP contribution in [-0.2, 0) is 11.2 Å². The lowest BCUT2D eigenvalue weighted by atomic mass is 9.82. The maximum Gasteiger partial charge on any atom is 0.338 e. The molecule has 1 aliphatic carbocycles. The summed E-state index contributed by atoms with van der Waals surface area (Å²) in [6.45, 7) is 2.33. The number of benzene rings is 3. The predicted molar refractivity (Wildman–Crippen MR) is 161 cm³/mol. The van der Waals surface area contributed by atoms with E-state index >= 15 is 0 Å². The first-order chi connectivity index (χ1) is 18.4. The molecule has 0 aliphatic heterocycles. The van der Waals surface area contributed by atoms with Crippen molar-refractivity contribution in [3.8, 4) is 0 Å². The SMILES string of the molecule is COC(=O)c1ccccc1CC[C@H](c1cccc(/C=C/c2ccc3ccc(Cl)cc3n2)c1)C(S)C1(C)CC1. The lowest BCUT2D eigenvalue weighted by Gasteiger charge is -2.29. The van der Waals surface area contributed by atoms with Gasteiger partial charge in [-0.05, 0) is 84.0 Å². The van der Waals surface area contributed by atoms with Gasteiger partial charge in [-0.15, -0.1) is 0 Å². The number of carbonyl (C=O) groups excluding carboxylic acids is 1. The van der Waals surface area contributed by atoms with Crippen molar-refractivity contribution in [2.24, 2.45) is 5.41 Å². The molecule has 0 radical (unpaired) electrons. The van der Waals surface area contributed by atoms with Crippen molar-refractivity contribution in [1.29, 1.82) is 0 Å². The number of methoxy groups -OCH3 is 1. The van der Waals surface area contributed by atoms with E-state index in [1.54, 1.807) is 0 Å². The number of fused-ring (bicyclic) bond motifs is 1. The average Bonchev–Trinajstić information content (AvgIpc) is 3.70. The molecule has 5 heteroatoms. The molecule has 0 saturated heterocycles. The zero-order chi connectivity index (χ0) is 26.7. The summed E-state index contributed by atoms with van der Waals surface area (Å²) in [7, 11) is 1.43. The molecule has 194 valence electrons. The molecule has 4 aromatic rings. The highest BCUT2D eigenvalue weighted by molar-refractivity contribution is 7.81. The lowest BCUT2D eigenvalue weighted by molar-refractivity contribution is 0.0599. The second-order valence-electron chi connectivity index (χ2n) is 10.5. The van der Waals surface area contributed by atoms with Gasteiger partial charge in [0.05, 0.1) is 23.9 Å². The summed E-state index contributed by atoms with van der Waals surface area (Å²) in [4.78, 5) is 17.1. The largest absolute Gasteiger partial charge is 0.465 e. The molecule has 1 unspecified atom stereocenters. The van der Waals surface area contributed by atoms with E-state index in [1.165, 1.54) is 25.5 Å². The second kappa shape index (κ2) is 11.3. The van der Waals surface area contributed by atoms with Crippen LogP contribution in [0.25, 0.3) is 23.1 Å². The Hall–Kier alpha value is -3.08. The minimum absolute atomic E-state index is 0.235. The van der Waals surface area contributed by atoms with Gasteiger partial charge in [0.15, 0.2) is 0 Å². The number of halogens is 1. The molecule has 3 aromatic carbocycles. The van der Waals surface area contributed by atoms with Crippen LogP contribution in [0.5, 0.6) is 0 Å². The second-order valence-corrected chi connectivity index (χ2v) is 11.5. The van der Waals surface area contributed by atoms with E-state index in [-0.39, 0.29) is 22.6 Å². The van der Waals surface area contributed by atoms with E-state index < -0.39 is 0 Å². The van der Waals surface area contributed by atoms with Gasteiger partial charge < -0.3 is 4.74 Å². The number of ether oxygens (including phenoxy) is 1. The van der Waals surface area contributed by atoms with Crippen molar-refractivity contribution in [1.82, 2.24) is 4.98 Å². The number of rotatable bonds is 9. The maximum absolute atomic E-state index is 12.3. The Labute approximate surface area is 235 Å². The Kier molecular flexibility index (Phi) is 7.92. The summed E-state index contributed by atoms with van der Waals surface area (Å²) in [5.41, 5.74) is 6.07. The Morgan fingerprint density at radius 2 is 1.84 bits per heavy atom. The first-order valence-electron chi connectivity index (χ1n) is 13.0. The number of hydrogen-bond donors (Lipinski definition) is 1. The molecule has 0 spiro atoms. The Morgan fingerprint density at radius 1 is 1.05 bits per heavy atom. The third-order valence-electron chi connectivity index (χ3n) is 7.74. The quantitative estimate of drug-likeness (QED) is 0.170. The molecule has 3 nitrogen and oxygen atoms in total. The monoisotopic (exact) mass is 541 g/mol. The van der Waals surface area contributed by atoms with Crippen LogP contribution in [0.15, 0.2) is 78.9 Å². The van der Waals surface area contributed by atoms with Crippen molar-refractivity contribution >= 4 is 53.3 Å². The fourth-order valence-electron chi connectivity index (χ4n) is 5.12. The van der Waals surface area contributed by atoms with E-state index in [2.05, 4.69) is 43.3 Å². The predicted octanol–water partition coefficient (Wildman–Crippen LogP) is 8.66. The molecular formula is C33H32ClNO2S. The van der Waals surface area contributed by atoms with Gasteiger partial charge in [-0.3, -0.25) is 0 Å². The zero-order valence-corrected chi connectivity index (χ0v) is 23.4. The molecular weight excluding hydrogens is 510 g/mol. The molecule has 0 N–H and O–H groups in total. The van der Waals surface area contributed by atoms with E-state index in [9.17, 15) is 4.79 Å². The number of aromatic nitrogens is 1. The highest BCUT2D eigenvalue weighted by atomic mass is 35.5. The van der Waals surface area contributed by atoms with Gasteiger partial charge in [-0.1, -0.05) is 79.2 Å². The minimum Gasteiger partial charge on any atom is -0.465 e. The summed E-state index contributed by atoms with van der Waals surface area (Å²) < 4.78 is 5.02. The lowest BCUT2D eigenvalue weighted by Crippen LogP contribution is -2.23. The van der Waals surface area contributed by atoms with Crippen molar-refractivity contribution in [2.75, 3.05) is 7.11 Å². The number of aryl methyl sites for hydroxylation is 1. The Balaban J connectivity index is 1.40. The maximum atomic E-state index is 12.3. The van der Waals surface area contributed by atoms with Crippen molar-refractivity contribution in [2.45, 2.75) is 43.8 Å². The van der Waals surface area contributed by atoms with Crippen LogP contribution in [-0.4, -0.2) is 23.3 Å².